The summed E-state index contributed by atoms with van der Waals surface area (Å²) in [5, 5.41) is 0. The third-order valence-corrected chi connectivity index (χ3v) is 2.99. The number of aromatic nitrogens is 1. The van der Waals surface area contributed by atoms with Crippen LogP contribution in [-0.4, -0.2) is 11.0 Å². The van der Waals surface area contributed by atoms with Crippen molar-refractivity contribution in [3.8, 4) is 0 Å². The first-order chi connectivity index (χ1) is 6.05. The Bertz CT molecular complexity index is 335. The normalized spacial score (nSPS) is 30.2. The molecule has 1 aliphatic rings. The fraction of sp³-hybridized carbons (Fsp3) is 0.500. The van der Waals surface area contributed by atoms with Gasteiger partial charge in [0.15, 0.2) is 0 Å². The molecule has 1 fully saturated rings. The van der Waals surface area contributed by atoms with Crippen LogP contribution in [0.25, 0.3) is 0 Å². The average molecular weight is 180 g/mol. The highest BCUT2D eigenvalue weighted by atomic mass is 19.1. The van der Waals surface area contributed by atoms with Crippen molar-refractivity contribution in [1.82, 2.24) is 4.98 Å². The van der Waals surface area contributed by atoms with Gasteiger partial charge in [0.2, 0.25) is 0 Å². The zero-order chi connectivity index (χ0) is 9.64. The maximum Gasteiger partial charge on any atom is 0.145 e. The standard InChI is InChI=1S/C10H13FN2/c1-10(2)7(9(10)12)8-6(11)4-3-5-13-8/h3-5,7,9H,12H2,1-2H3/t7-,9-/m1/s1. The molecule has 2 nitrogen and oxygen atoms in total. The molecule has 2 atom stereocenters. The van der Waals surface area contributed by atoms with Crippen molar-refractivity contribution in [3.63, 3.8) is 0 Å². The Morgan fingerprint density at radius 1 is 1.54 bits per heavy atom. The van der Waals surface area contributed by atoms with E-state index in [1.54, 1.807) is 12.3 Å². The summed E-state index contributed by atoms with van der Waals surface area (Å²) in [6.07, 6.45) is 1.61. The van der Waals surface area contributed by atoms with Gasteiger partial charge < -0.3 is 5.73 Å². The molecular formula is C10H13FN2. The molecule has 1 aromatic heterocycles. The van der Waals surface area contributed by atoms with Crippen molar-refractivity contribution in [2.45, 2.75) is 25.8 Å². The first kappa shape index (κ1) is 8.63. The van der Waals surface area contributed by atoms with E-state index in [2.05, 4.69) is 4.98 Å². The molecule has 1 saturated carbocycles. The summed E-state index contributed by atoms with van der Waals surface area (Å²) in [6.45, 7) is 4.08. The van der Waals surface area contributed by atoms with Crippen LogP contribution < -0.4 is 5.73 Å². The second-order valence-electron chi connectivity index (χ2n) is 4.20. The fourth-order valence-electron chi connectivity index (χ4n) is 1.83. The number of rotatable bonds is 1. The molecule has 0 amide bonds. The average Bonchev–Trinajstić information content (AvgIpc) is 2.54. The number of halogens is 1. The van der Waals surface area contributed by atoms with Gasteiger partial charge in [0.25, 0.3) is 0 Å². The maximum absolute atomic E-state index is 13.3. The first-order valence-corrected chi connectivity index (χ1v) is 4.41. The minimum atomic E-state index is -0.242. The van der Waals surface area contributed by atoms with Crippen molar-refractivity contribution in [2.75, 3.05) is 0 Å². The molecule has 0 saturated heterocycles. The van der Waals surface area contributed by atoms with E-state index in [0.717, 1.165) is 0 Å². The van der Waals surface area contributed by atoms with Crippen molar-refractivity contribution < 1.29 is 4.39 Å². The van der Waals surface area contributed by atoms with E-state index in [9.17, 15) is 4.39 Å². The Labute approximate surface area is 77.0 Å². The number of pyridine rings is 1. The van der Waals surface area contributed by atoms with Crippen LogP contribution in [0.15, 0.2) is 18.3 Å². The number of nitrogens with zero attached hydrogens (tertiary/aromatic N) is 1. The van der Waals surface area contributed by atoms with Crippen molar-refractivity contribution >= 4 is 0 Å². The van der Waals surface area contributed by atoms with Crippen LogP contribution >= 0.6 is 0 Å². The number of hydrogen-bond acceptors (Lipinski definition) is 2. The molecule has 2 rings (SSSR count). The number of nitrogens with two attached hydrogens (primary N) is 1. The van der Waals surface area contributed by atoms with Crippen LogP contribution in [-0.2, 0) is 0 Å². The van der Waals surface area contributed by atoms with Crippen molar-refractivity contribution in [2.24, 2.45) is 11.1 Å². The van der Waals surface area contributed by atoms with Gasteiger partial charge in [-0.15, -0.1) is 0 Å². The maximum atomic E-state index is 13.3. The summed E-state index contributed by atoms with van der Waals surface area (Å²) >= 11 is 0. The molecule has 2 N–H and O–H groups in total. The minimum absolute atomic E-state index is 0.00477. The summed E-state index contributed by atoms with van der Waals surface area (Å²) in [6, 6.07) is 3.07. The third-order valence-electron chi connectivity index (χ3n) is 2.99. The molecule has 0 spiro atoms. The molecule has 0 aromatic carbocycles. The Balaban J connectivity index is 2.34. The van der Waals surface area contributed by atoms with Gasteiger partial charge in [0, 0.05) is 18.2 Å². The summed E-state index contributed by atoms with van der Waals surface area (Å²) in [5.74, 6) is -0.165. The van der Waals surface area contributed by atoms with Crippen molar-refractivity contribution in [1.29, 1.82) is 0 Å². The fourth-order valence-corrected chi connectivity index (χ4v) is 1.83. The molecule has 0 aliphatic heterocycles. The molecule has 0 radical (unpaired) electrons. The smallest absolute Gasteiger partial charge is 0.145 e. The highest BCUT2D eigenvalue weighted by Gasteiger charge is 2.57. The molecular weight excluding hydrogens is 167 g/mol. The Morgan fingerprint density at radius 2 is 2.15 bits per heavy atom. The van der Waals surface area contributed by atoms with Crippen LogP contribution in [0.5, 0.6) is 0 Å². The zero-order valence-corrected chi connectivity index (χ0v) is 7.79. The molecule has 3 heteroatoms. The van der Waals surface area contributed by atoms with Gasteiger partial charge in [-0.05, 0) is 17.5 Å². The molecule has 1 heterocycles. The van der Waals surface area contributed by atoms with E-state index >= 15 is 0 Å². The molecule has 0 bridgehead atoms. The van der Waals surface area contributed by atoms with E-state index in [1.807, 2.05) is 13.8 Å². The first-order valence-electron chi connectivity index (χ1n) is 4.41. The molecule has 70 valence electrons. The van der Waals surface area contributed by atoms with Crippen LogP contribution in [0.1, 0.15) is 25.5 Å². The highest BCUT2D eigenvalue weighted by molar-refractivity contribution is 5.29. The number of hydrogen-bond donors (Lipinski definition) is 1. The second-order valence-corrected chi connectivity index (χ2v) is 4.20. The van der Waals surface area contributed by atoms with Crippen LogP contribution in [0.2, 0.25) is 0 Å². The zero-order valence-electron chi connectivity index (χ0n) is 7.79. The van der Waals surface area contributed by atoms with E-state index < -0.39 is 0 Å². The Hall–Kier alpha value is -0.960. The van der Waals surface area contributed by atoms with E-state index in [0.29, 0.717) is 5.69 Å². The summed E-state index contributed by atoms with van der Waals surface area (Å²) in [4.78, 5) is 4.03. The van der Waals surface area contributed by atoms with Gasteiger partial charge in [-0.3, -0.25) is 4.98 Å². The highest BCUT2D eigenvalue weighted by Crippen LogP contribution is 2.57. The lowest BCUT2D eigenvalue weighted by Gasteiger charge is -2.02. The third kappa shape index (κ3) is 1.15. The summed E-state index contributed by atoms with van der Waals surface area (Å²) in [5.41, 5.74) is 6.35. The van der Waals surface area contributed by atoms with Gasteiger partial charge in [-0.25, -0.2) is 4.39 Å². The predicted octanol–water partition coefficient (Wildman–Crippen LogP) is 1.67. The largest absolute Gasteiger partial charge is 0.327 e. The monoisotopic (exact) mass is 180 g/mol. The van der Waals surface area contributed by atoms with Crippen molar-refractivity contribution in [3.05, 3.63) is 29.8 Å². The van der Waals surface area contributed by atoms with Crippen LogP contribution in [0.4, 0.5) is 4.39 Å². The lowest BCUT2D eigenvalue weighted by Crippen LogP contribution is -2.06. The summed E-state index contributed by atoms with van der Waals surface area (Å²) < 4.78 is 13.3. The van der Waals surface area contributed by atoms with Gasteiger partial charge in [0.1, 0.15) is 5.82 Å². The summed E-state index contributed by atoms with van der Waals surface area (Å²) in [7, 11) is 0. The second kappa shape index (κ2) is 2.51. The van der Waals surface area contributed by atoms with Gasteiger partial charge in [-0.2, -0.15) is 0 Å². The quantitative estimate of drug-likeness (QED) is 0.714. The van der Waals surface area contributed by atoms with Crippen LogP contribution in [0, 0.1) is 11.2 Å². The molecule has 0 unspecified atom stereocenters. The minimum Gasteiger partial charge on any atom is -0.327 e. The Morgan fingerprint density at radius 3 is 2.62 bits per heavy atom. The van der Waals surface area contributed by atoms with E-state index in [1.165, 1.54) is 6.07 Å². The topological polar surface area (TPSA) is 38.9 Å². The molecule has 13 heavy (non-hydrogen) atoms. The Kier molecular flexibility index (Phi) is 1.67. The van der Waals surface area contributed by atoms with Gasteiger partial charge >= 0.3 is 0 Å². The van der Waals surface area contributed by atoms with Crippen LogP contribution in [0.3, 0.4) is 0 Å². The lowest BCUT2D eigenvalue weighted by molar-refractivity contribution is 0.561. The van der Waals surface area contributed by atoms with Gasteiger partial charge in [-0.1, -0.05) is 13.8 Å². The SMILES string of the molecule is CC1(C)[C@H](N)[C@H]1c1ncccc1F. The lowest BCUT2D eigenvalue weighted by atomic mass is 10.1. The van der Waals surface area contributed by atoms with E-state index in [-0.39, 0.29) is 23.2 Å². The predicted molar refractivity (Wildman–Crippen MR) is 48.7 cm³/mol. The molecule has 1 aliphatic carbocycles. The van der Waals surface area contributed by atoms with E-state index in [4.69, 9.17) is 5.73 Å². The molecule has 1 aromatic rings. The van der Waals surface area contributed by atoms with Gasteiger partial charge in [0.05, 0.1) is 5.69 Å².